The summed E-state index contributed by atoms with van der Waals surface area (Å²) in [6.07, 6.45) is 2.99. The normalized spacial score (nSPS) is 11.1. The molecule has 0 saturated heterocycles. The van der Waals surface area contributed by atoms with Gasteiger partial charge in [0.2, 0.25) is 0 Å². The Morgan fingerprint density at radius 1 is 1.62 bits per heavy atom. The van der Waals surface area contributed by atoms with Crippen molar-refractivity contribution in [1.29, 1.82) is 0 Å². The van der Waals surface area contributed by atoms with E-state index in [0.717, 1.165) is 24.0 Å². The third-order valence-electron chi connectivity index (χ3n) is 1.74. The molecule has 0 saturated carbocycles. The predicted molar refractivity (Wildman–Crippen MR) is 57.5 cm³/mol. The van der Waals surface area contributed by atoms with Gasteiger partial charge in [0.1, 0.15) is 0 Å². The summed E-state index contributed by atoms with van der Waals surface area (Å²) in [5.41, 5.74) is 5.58. The van der Waals surface area contributed by atoms with E-state index in [9.17, 15) is 0 Å². The van der Waals surface area contributed by atoms with E-state index >= 15 is 0 Å². The molecule has 0 atom stereocenters. The molecule has 0 unspecified atom stereocenters. The van der Waals surface area contributed by atoms with Crippen LogP contribution in [0.3, 0.4) is 0 Å². The first-order valence-corrected chi connectivity index (χ1v) is 5.02. The summed E-state index contributed by atoms with van der Waals surface area (Å²) < 4.78 is 2.74. The van der Waals surface area contributed by atoms with Gasteiger partial charge in [0.05, 0.1) is 4.47 Å². The van der Waals surface area contributed by atoms with Crippen molar-refractivity contribution in [2.24, 2.45) is 0 Å². The molecule has 1 aromatic heterocycles. The van der Waals surface area contributed by atoms with Gasteiger partial charge in [-0.2, -0.15) is 5.10 Å². The van der Waals surface area contributed by atoms with Crippen LogP contribution in [0.25, 0.3) is 0 Å². The van der Waals surface area contributed by atoms with E-state index in [0.29, 0.717) is 5.82 Å². The second-order valence-electron chi connectivity index (χ2n) is 3.28. The quantitative estimate of drug-likeness (QED) is 0.869. The van der Waals surface area contributed by atoms with Crippen LogP contribution in [-0.2, 0) is 6.54 Å². The molecule has 2 N–H and O–H groups in total. The number of rotatable bonds is 4. The molecular weight excluding hydrogens is 232 g/mol. The van der Waals surface area contributed by atoms with Crippen molar-refractivity contribution in [3.8, 4) is 0 Å². The number of nitrogens with zero attached hydrogens (tertiary/aromatic N) is 3. The van der Waals surface area contributed by atoms with Gasteiger partial charge in [-0.25, -0.2) is 0 Å². The Bertz CT molecular complexity index is 250. The molecule has 0 aliphatic heterocycles. The minimum absolute atomic E-state index is 0.560. The second kappa shape index (κ2) is 4.62. The largest absolute Gasteiger partial charge is 0.381 e. The zero-order valence-corrected chi connectivity index (χ0v) is 9.58. The van der Waals surface area contributed by atoms with Crippen LogP contribution in [0.5, 0.6) is 0 Å². The van der Waals surface area contributed by atoms with Gasteiger partial charge >= 0.3 is 0 Å². The summed E-state index contributed by atoms with van der Waals surface area (Å²) in [7, 11) is 4.13. The smallest absolute Gasteiger partial charge is 0.159 e. The first kappa shape index (κ1) is 10.5. The van der Waals surface area contributed by atoms with Crippen molar-refractivity contribution < 1.29 is 0 Å². The number of nitrogens with two attached hydrogens (primary N) is 1. The Hall–Kier alpha value is -0.550. The van der Waals surface area contributed by atoms with Gasteiger partial charge in [0.15, 0.2) is 5.82 Å². The molecule has 74 valence electrons. The molecule has 5 heteroatoms. The van der Waals surface area contributed by atoms with E-state index in [1.54, 1.807) is 0 Å². The number of aromatic nitrogens is 2. The number of nitrogen functional groups attached to an aromatic ring is 1. The fourth-order valence-electron chi connectivity index (χ4n) is 1.08. The zero-order valence-electron chi connectivity index (χ0n) is 8.00. The number of halogens is 1. The highest BCUT2D eigenvalue weighted by molar-refractivity contribution is 9.10. The zero-order chi connectivity index (χ0) is 9.84. The van der Waals surface area contributed by atoms with E-state index < -0.39 is 0 Å². The maximum Gasteiger partial charge on any atom is 0.159 e. The maximum atomic E-state index is 5.58. The number of aryl methyl sites for hydroxylation is 1. The van der Waals surface area contributed by atoms with E-state index in [1.165, 1.54) is 0 Å². The van der Waals surface area contributed by atoms with E-state index in [2.05, 4.69) is 40.0 Å². The maximum absolute atomic E-state index is 5.58. The van der Waals surface area contributed by atoms with E-state index in [-0.39, 0.29) is 0 Å². The van der Waals surface area contributed by atoms with Gasteiger partial charge < -0.3 is 10.6 Å². The molecule has 0 aliphatic rings. The van der Waals surface area contributed by atoms with Gasteiger partial charge in [0.25, 0.3) is 0 Å². The van der Waals surface area contributed by atoms with Crippen molar-refractivity contribution in [2.75, 3.05) is 26.4 Å². The van der Waals surface area contributed by atoms with Gasteiger partial charge in [0, 0.05) is 12.7 Å². The SMILES string of the molecule is CN(C)CCCn1cc(Br)c(N)n1. The molecule has 0 fully saturated rings. The summed E-state index contributed by atoms with van der Waals surface area (Å²) >= 11 is 3.32. The highest BCUT2D eigenvalue weighted by atomic mass is 79.9. The first-order chi connectivity index (χ1) is 6.09. The van der Waals surface area contributed by atoms with Crippen LogP contribution in [0.1, 0.15) is 6.42 Å². The lowest BCUT2D eigenvalue weighted by molar-refractivity contribution is 0.381. The standard InChI is InChI=1S/C8H15BrN4/c1-12(2)4-3-5-13-6-7(9)8(10)11-13/h6H,3-5H2,1-2H3,(H2,10,11). The Balaban J connectivity index is 2.37. The molecule has 1 heterocycles. The van der Waals surface area contributed by atoms with Crippen LogP contribution < -0.4 is 5.73 Å². The minimum Gasteiger partial charge on any atom is -0.381 e. The monoisotopic (exact) mass is 246 g/mol. The van der Waals surface area contributed by atoms with Crippen LogP contribution in [0.15, 0.2) is 10.7 Å². The molecular formula is C8H15BrN4. The average Bonchev–Trinajstić information content (AvgIpc) is 2.30. The molecule has 0 radical (unpaired) electrons. The van der Waals surface area contributed by atoms with Crippen molar-refractivity contribution in [3.05, 3.63) is 10.7 Å². The molecule has 0 spiro atoms. The van der Waals surface area contributed by atoms with Gasteiger partial charge in [-0.3, -0.25) is 4.68 Å². The van der Waals surface area contributed by atoms with Crippen molar-refractivity contribution in [2.45, 2.75) is 13.0 Å². The third-order valence-corrected chi connectivity index (χ3v) is 2.35. The van der Waals surface area contributed by atoms with Crippen molar-refractivity contribution in [1.82, 2.24) is 14.7 Å². The lowest BCUT2D eigenvalue weighted by Gasteiger charge is -2.08. The summed E-state index contributed by atoms with van der Waals surface area (Å²) in [5.74, 6) is 0.560. The summed E-state index contributed by atoms with van der Waals surface area (Å²) in [5, 5.41) is 4.14. The molecule has 1 rings (SSSR count). The lowest BCUT2D eigenvalue weighted by Crippen LogP contribution is -2.15. The third kappa shape index (κ3) is 3.36. The fraction of sp³-hybridized carbons (Fsp3) is 0.625. The van der Waals surface area contributed by atoms with E-state index in [4.69, 9.17) is 5.73 Å². The van der Waals surface area contributed by atoms with Crippen LogP contribution in [-0.4, -0.2) is 35.3 Å². The average molecular weight is 247 g/mol. The van der Waals surface area contributed by atoms with Gasteiger partial charge in [-0.05, 0) is 43.0 Å². The topological polar surface area (TPSA) is 47.1 Å². The molecule has 4 nitrogen and oxygen atoms in total. The fourth-order valence-corrected chi connectivity index (χ4v) is 1.39. The molecule has 0 aliphatic carbocycles. The Morgan fingerprint density at radius 3 is 2.77 bits per heavy atom. The Labute approximate surface area is 86.8 Å². The minimum atomic E-state index is 0.560. The van der Waals surface area contributed by atoms with Crippen LogP contribution in [0.4, 0.5) is 5.82 Å². The van der Waals surface area contributed by atoms with Crippen LogP contribution in [0.2, 0.25) is 0 Å². The Morgan fingerprint density at radius 2 is 2.31 bits per heavy atom. The number of hydrogen-bond donors (Lipinski definition) is 1. The second-order valence-corrected chi connectivity index (χ2v) is 4.14. The van der Waals surface area contributed by atoms with E-state index in [1.807, 2.05) is 10.9 Å². The number of hydrogen-bond acceptors (Lipinski definition) is 3. The summed E-state index contributed by atoms with van der Waals surface area (Å²) in [6.45, 7) is 1.98. The van der Waals surface area contributed by atoms with Crippen LogP contribution in [0, 0.1) is 0 Å². The molecule has 0 amide bonds. The molecule has 0 aromatic carbocycles. The van der Waals surface area contributed by atoms with Crippen LogP contribution >= 0.6 is 15.9 Å². The highest BCUT2D eigenvalue weighted by Crippen LogP contribution is 2.16. The molecule has 0 bridgehead atoms. The van der Waals surface area contributed by atoms with Gasteiger partial charge in [-0.1, -0.05) is 0 Å². The Kier molecular flexibility index (Phi) is 3.74. The lowest BCUT2D eigenvalue weighted by atomic mass is 10.4. The predicted octanol–water partition coefficient (Wildman–Crippen LogP) is 1.18. The summed E-state index contributed by atoms with van der Waals surface area (Å²) in [6, 6.07) is 0. The number of anilines is 1. The van der Waals surface area contributed by atoms with Crippen molar-refractivity contribution >= 4 is 21.7 Å². The highest BCUT2D eigenvalue weighted by Gasteiger charge is 2.01. The molecule has 1 aromatic rings. The van der Waals surface area contributed by atoms with Crippen molar-refractivity contribution in [3.63, 3.8) is 0 Å². The van der Waals surface area contributed by atoms with Gasteiger partial charge in [-0.15, -0.1) is 0 Å². The first-order valence-electron chi connectivity index (χ1n) is 4.23. The molecule has 13 heavy (non-hydrogen) atoms. The summed E-state index contributed by atoms with van der Waals surface area (Å²) in [4.78, 5) is 2.15.